The second-order valence-corrected chi connectivity index (χ2v) is 8.43. The Labute approximate surface area is 204 Å². The van der Waals surface area contributed by atoms with Crippen molar-refractivity contribution in [3.8, 4) is 5.75 Å². The number of esters is 2. The van der Waals surface area contributed by atoms with Gasteiger partial charge in [-0.2, -0.15) is 56.7 Å². The molecule has 0 saturated carbocycles. The van der Waals surface area contributed by atoms with Gasteiger partial charge in [0.15, 0.2) is 0 Å². The molecular weight excluding hydrogens is 585 g/mol. The first-order valence-corrected chi connectivity index (χ1v) is 10.7. The zero-order valence-corrected chi connectivity index (χ0v) is 18.8. The lowest BCUT2D eigenvalue weighted by Crippen LogP contribution is -2.59. The Morgan fingerprint density at radius 2 is 1.42 bits per heavy atom. The van der Waals surface area contributed by atoms with Crippen LogP contribution in [0.1, 0.15) is 18.4 Å². The van der Waals surface area contributed by atoms with E-state index in [0.717, 1.165) is 0 Å². The van der Waals surface area contributed by atoms with Crippen LogP contribution < -0.4 is 4.74 Å². The van der Waals surface area contributed by atoms with Crippen molar-refractivity contribution in [2.24, 2.45) is 0 Å². The molecule has 0 bridgehead atoms. The SMILES string of the molecule is C=C(F)C(=O)OC(OCCCC(F)(F)C(F)(F)S(=O)(=O)O)(C(=O)Oc1ccc(C(F)(F)F)cc1)C(F)(F)F. The third-order valence-corrected chi connectivity index (χ3v) is 5.13. The zero-order valence-electron chi connectivity index (χ0n) is 18.0. The van der Waals surface area contributed by atoms with E-state index in [1.807, 2.05) is 0 Å². The summed E-state index contributed by atoms with van der Waals surface area (Å²) in [6.45, 7) is 0.434. The van der Waals surface area contributed by atoms with Gasteiger partial charge in [0.1, 0.15) is 5.75 Å². The summed E-state index contributed by atoms with van der Waals surface area (Å²) >= 11 is 0. The van der Waals surface area contributed by atoms with E-state index in [4.69, 9.17) is 4.55 Å². The highest BCUT2D eigenvalue weighted by Crippen LogP contribution is 2.42. The smallest absolute Gasteiger partial charge is 0.421 e. The number of carbonyl (C=O) groups excluding carboxylic acids is 2. The fourth-order valence-electron chi connectivity index (χ4n) is 2.30. The van der Waals surface area contributed by atoms with E-state index in [1.54, 1.807) is 0 Å². The maximum absolute atomic E-state index is 13.8. The van der Waals surface area contributed by atoms with Crippen LogP contribution in [-0.4, -0.2) is 54.7 Å². The lowest BCUT2D eigenvalue weighted by molar-refractivity contribution is -0.352. The highest BCUT2D eigenvalue weighted by molar-refractivity contribution is 7.87. The van der Waals surface area contributed by atoms with Crippen molar-refractivity contribution in [2.75, 3.05) is 6.61 Å². The maximum Gasteiger partial charge on any atom is 0.468 e. The van der Waals surface area contributed by atoms with Crippen molar-refractivity contribution < 1.29 is 85.1 Å². The third kappa shape index (κ3) is 7.31. The van der Waals surface area contributed by atoms with Crippen molar-refractivity contribution in [1.29, 1.82) is 0 Å². The number of benzene rings is 1. The minimum Gasteiger partial charge on any atom is -0.421 e. The number of alkyl halides is 10. The Hall–Kier alpha value is -3.00. The number of halogens is 11. The van der Waals surface area contributed by atoms with E-state index < -0.39 is 88.0 Å². The predicted octanol–water partition coefficient (Wildman–Crippen LogP) is 4.81. The van der Waals surface area contributed by atoms with Crippen LogP contribution in [0.25, 0.3) is 0 Å². The van der Waals surface area contributed by atoms with Gasteiger partial charge in [-0.25, -0.2) is 9.59 Å². The summed E-state index contributed by atoms with van der Waals surface area (Å²) < 4.78 is 187. The average Bonchev–Trinajstić information content (AvgIpc) is 2.73. The van der Waals surface area contributed by atoms with Gasteiger partial charge in [-0.3, -0.25) is 4.55 Å². The summed E-state index contributed by atoms with van der Waals surface area (Å²) in [5.74, 6) is -19.3. The molecule has 0 aliphatic carbocycles. The summed E-state index contributed by atoms with van der Waals surface area (Å²) in [5, 5.41) is -6.11. The molecule has 0 amide bonds. The molecule has 216 valence electrons. The first-order chi connectivity index (χ1) is 16.9. The molecule has 1 rings (SSSR count). The lowest BCUT2D eigenvalue weighted by Gasteiger charge is -2.32. The summed E-state index contributed by atoms with van der Waals surface area (Å²) in [6, 6.07) is 1.14. The molecule has 1 aromatic carbocycles. The molecule has 1 atom stereocenters. The fourth-order valence-corrected chi connectivity index (χ4v) is 2.78. The quantitative estimate of drug-likeness (QED) is 0.0735. The van der Waals surface area contributed by atoms with Crippen LogP contribution in [0.3, 0.4) is 0 Å². The van der Waals surface area contributed by atoms with E-state index in [1.165, 1.54) is 0 Å². The Bertz CT molecular complexity index is 1140. The molecule has 1 N–H and O–H groups in total. The van der Waals surface area contributed by atoms with Crippen LogP contribution in [-0.2, 0) is 35.4 Å². The molecule has 0 aliphatic rings. The molecule has 20 heteroatoms. The van der Waals surface area contributed by atoms with Crippen LogP contribution >= 0.6 is 0 Å². The average molecular weight is 598 g/mol. The van der Waals surface area contributed by atoms with Gasteiger partial charge in [0.25, 0.3) is 0 Å². The number of hydrogen-bond acceptors (Lipinski definition) is 7. The van der Waals surface area contributed by atoms with Gasteiger partial charge in [0, 0.05) is 6.42 Å². The first-order valence-electron chi connectivity index (χ1n) is 9.29. The molecule has 0 aliphatic heterocycles. The summed E-state index contributed by atoms with van der Waals surface area (Å²) in [7, 11) is -6.70. The molecule has 8 nitrogen and oxygen atoms in total. The van der Waals surface area contributed by atoms with Crippen molar-refractivity contribution in [1.82, 2.24) is 0 Å². The number of hydrogen-bond donors (Lipinski definition) is 1. The van der Waals surface area contributed by atoms with E-state index in [0.29, 0.717) is 12.1 Å². The number of rotatable bonds is 11. The molecule has 1 aromatic rings. The van der Waals surface area contributed by atoms with Gasteiger partial charge in [-0.1, -0.05) is 6.58 Å². The molecule has 1 unspecified atom stereocenters. The van der Waals surface area contributed by atoms with Gasteiger partial charge in [0.2, 0.25) is 5.83 Å². The van der Waals surface area contributed by atoms with Crippen LogP contribution in [0.5, 0.6) is 5.75 Å². The van der Waals surface area contributed by atoms with Gasteiger partial charge < -0.3 is 14.2 Å². The van der Waals surface area contributed by atoms with Crippen molar-refractivity contribution >= 4 is 22.1 Å². The van der Waals surface area contributed by atoms with E-state index >= 15 is 0 Å². The topological polar surface area (TPSA) is 116 Å². The van der Waals surface area contributed by atoms with E-state index in [-0.39, 0.29) is 12.1 Å². The number of carbonyl (C=O) groups is 2. The molecular formula is C18H13F11O8S. The highest BCUT2D eigenvalue weighted by atomic mass is 32.2. The standard InChI is InChI=1S/C18H13F11O8S/c1-9(19)12(30)37-15(17(25,26)27,13(31)36-11-5-3-10(4-6-11)16(22,23)24)35-8-2-7-14(20,21)18(28,29)38(32,33)34/h3-6H,1-2,7-8H2,(H,32,33,34). The highest BCUT2D eigenvalue weighted by Gasteiger charge is 2.69. The van der Waals surface area contributed by atoms with Gasteiger partial charge in [0.05, 0.1) is 12.2 Å². The van der Waals surface area contributed by atoms with Crippen LogP contribution in [0, 0.1) is 0 Å². The molecule has 0 aromatic heterocycles. The van der Waals surface area contributed by atoms with Crippen molar-refractivity contribution in [3.63, 3.8) is 0 Å². The monoisotopic (exact) mass is 598 g/mol. The normalized spacial score (nSPS) is 14.9. The van der Waals surface area contributed by atoms with Gasteiger partial charge in [-0.05, 0) is 30.7 Å². The second-order valence-electron chi connectivity index (χ2n) is 6.97. The van der Waals surface area contributed by atoms with Crippen molar-refractivity contribution in [3.05, 3.63) is 42.2 Å². The zero-order chi connectivity index (χ0) is 30.0. The molecule has 0 saturated heterocycles. The molecule has 0 fully saturated rings. The summed E-state index contributed by atoms with van der Waals surface area (Å²) in [5.41, 5.74) is -1.35. The Kier molecular flexibility index (Phi) is 9.57. The van der Waals surface area contributed by atoms with Crippen LogP contribution in [0.2, 0.25) is 0 Å². The van der Waals surface area contributed by atoms with Gasteiger partial charge in [-0.15, -0.1) is 0 Å². The van der Waals surface area contributed by atoms with Crippen molar-refractivity contribution in [2.45, 2.75) is 42.2 Å². The second kappa shape index (κ2) is 11.0. The largest absolute Gasteiger partial charge is 0.468 e. The summed E-state index contributed by atoms with van der Waals surface area (Å²) in [6.07, 6.45) is -15.1. The summed E-state index contributed by atoms with van der Waals surface area (Å²) in [4.78, 5) is 23.7. The molecule has 38 heavy (non-hydrogen) atoms. The van der Waals surface area contributed by atoms with E-state index in [2.05, 4.69) is 20.8 Å². The minimum atomic E-state index is -6.70. The minimum absolute atomic E-state index is 0.242. The first kappa shape index (κ1) is 33.0. The Morgan fingerprint density at radius 1 is 0.921 bits per heavy atom. The lowest BCUT2D eigenvalue weighted by atomic mass is 10.2. The third-order valence-electron chi connectivity index (χ3n) is 4.18. The maximum atomic E-state index is 13.8. The predicted molar refractivity (Wildman–Crippen MR) is 98.8 cm³/mol. The van der Waals surface area contributed by atoms with Crippen LogP contribution in [0.4, 0.5) is 48.3 Å². The molecule has 0 radical (unpaired) electrons. The van der Waals surface area contributed by atoms with Crippen LogP contribution in [0.15, 0.2) is 36.7 Å². The van der Waals surface area contributed by atoms with E-state index in [9.17, 15) is 66.3 Å². The Morgan fingerprint density at radius 3 is 1.82 bits per heavy atom. The van der Waals surface area contributed by atoms with Gasteiger partial charge >= 0.3 is 51.4 Å². The molecule has 0 spiro atoms. The Balaban J connectivity index is 3.29. The molecule has 0 heterocycles. The number of ether oxygens (including phenoxy) is 3. The fraction of sp³-hybridized carbons (Fsp3) is 0.444.